The molecule has 0 aromatic rings. The van der Waals surface area contributed by atoms with Crippen molar-refractivity contribution in [2.45, 2.75) is 142 Å². The Morgan fingerprint density at radius 1 is 0.786 bits per heavy atom. The smallest absolute Gasteiger partial charge is 0.305 e. The van der Waals surface area contributed by atoms with E-state index in [1.54, 1.807) is 6.08 Å². The SMILES string of the molecule is CC/C=C(/C)C[C@@H](/C=C/C#CCC#CCC#C/C=C/[C@H](CCC(=O)OC)O[Si](C)(C)C(C)(C)C)O[Si](C)(C)C(C)(C)C. The second-order valence-corrected chi connectivity index (χ2v) is 23.2. The summed E-state index contributed by atoms with van der Waals surface area (Å²) in [6, 6.07) is 0. The zero-order chi connectivity index (χ0) is 32.5. The molecule has 0 bridgehead atoms. The standard InChI is InChI=1S/C36H58O4Si2/c1-14-25-31(2)30-33(40-42(12,13)36(6,7)8)27-24-22-20-18-16-15-17-19-21-23-26-32(28-29-34(37)38-9)39-41(10,11)35(3,4)5/h23-27,32-33H,14,17-18,28-30H2,1-13H3/b26-23+,27-24+,31-25-/t32-,33-/m1/s1. The Hall–Kier alpha value is -2.28. The molecule has 0 aliphatic carbocycles. The van der Waals surface area contributed by atoms with Gasteiger partial charge in [-0.25, -0.2) is 0 Å². The summed E-state index contributed by atoms with van der Waals surface area (Å²) in [7, 11) is -2.46. The van der Waals surface area contributed by atoms with Gasteiger partial charge >= 0.3 is 5.97 Å². The molecule has 0 fully saturated rings. The molecule has 0 unspecified atom stereocenters. The van der Waals surface area contributed by atoms with Crippen LogP contribution in [0, 0.1) is 35.5 Å². The van der Waals surface area contributed by atoms with Gasteiger partial charge in [0.2, 0.25) is 0 Å². The number of hydrogen-bond donors (Lipinski definition) is 0. The van der Waals surface area contributed by atoms with Gasteiger partial charge < -0.3 is 13.6 Å². The molecule has 0 aromatic carbocycles. The normalized spacial score (nSPS) is 14.4. The van der Waals surface area contributed by atoms with Crippen LogP contribution in [0.5, 0.6) is 0 Å². The third kappa shape index (κ3) is 17.0. The molecule has 0 saturated carbocycles. The lowest BCUT2D eigenvalue weighted by Crippen LogP contribution is -2.43. The number of ether oxygens (including phenoxy) is 1. The van der Waals surface area contributed by atoms with Crippen LogP contribution in [-0.2, 0) is 18.4 Å². The number of rotatable bonds is 12. The molecule has 234 valence electrons. The first-order valence-corrected chi connectivity index (χ1v) is 21.0. The topological polar surface area (TPSA) is 44.8 Å². The summed E-state index contributed by atoms with van der Waals surface area (Å²) in [5.74, 6) is 18.2. The minimum atomic E-state index is -1.99. The maximum absolute atomic E-state index is 11.7. The second-order valence-electron chi connectivity index (χ2n) is 13.7. The lowest BCUT2D eigenvalue weighted by atomic mass is 10.1. The fraction of sp³-hybridized carbons (Fsp3) is 0.639. The van der Waals surface area contributed by atoms with E-state index < -0.39 is 16.6 Å². The van der Waals surface area contributed by atoms with Crippen molar-refractivity contribution in [1.82, 2.24) is 0 Å². The van der Waals surface area contributed by atoms with Crippen molar-refractivity contribution < 1.29 is 18.4 Å². The highest BCUT2D eigenvalue weighted by Gasteiger charge is 2.39. The molecule has 0 spiro atoms. The monoisotopic (exact) mass is 610 g/mol. The van der Waals surface area contributed by atoms with E-state index in [1.807, 2.05) is 12.2 Å². The molecule has 0 aliphatic heterocycles. The van der Waals surface area contributed by atoms with Gasteiger partial charge in [-0.05, 0) is 86.8 Å². The van der Waals surface area contributed by atoms with Crippen LogP contribution in [-0.4, -0.2) is 41.9 Å². The van der Waals surface area contributed by atoms with Gasteiger partial charge in [0.05, 0.1) is 32.2 Å². The maximum Gasteiger partial charge on any atom is 0.305 e. The van der Waals surface area contributed by atoms with Crippen LogP contribution >= 0.6 is 0 Å². The first-order valence-electron chi connectivity index (χ1n) is 15.2. The quantitative estimate of drug-likeness (QED) is 0.0956. The Morgan fingerprint density at radius 3 is 1.67 bits per heavy atom. The lowest BCUT2D eigenvalue weighted by Gasteiger charge is -2.38. The summed E-state index contributed by atoms with van der Waals surface area (Å²) in [4.78, 5) is 11.7. The molecule has 0 radical (unpaired) electrons. The van der Waals surface area contributed by atoms with Gasteiger partial charge in [0, 0.05) is 6.42 Å². The van der Waals surface area contributed by atoms with Crippen molar-refractivity contribution in [3.8, 4) is 35.5 Å². The Kier molecular flexibility index (Phi) is 18.1. The van der Waals surface area contributed by atoms with Crippen LogP contribution in [0.15, 0.2) is 36.0 Å². The predicted molar refractivity (Wildman–Crippen MR) is 185 cm³/mol. The van der Waals surface area contributed by atoms with Crippen LogP contribution in [0.3, 0.4) is 0 Å². The van der Waals surface area contributed by atoms with E-state index >= 15 is 0 Å². The average molecular weight is 611 g/mol. The first-order chi connectivity index (χ1) is 19.4. The number of allylic oxidation sites excluding steroid dienone is 3. The van der Waals surface area contributed by atoms with Crippen LogP contribution in [0.4, 0.5) is 0 Å². The van der Waals surface area contributed by atoms with Crippen LogP contribution < -0.4 is 0 Å². The van der Waals surface area contributed by atoms with E-state index in [1.165, 1.54) is 12.7 Å². The maximum atomic E-state index is 11.7. The van der Waals surface area contributed by atoms with Crippen molar-refractivity contribution in [2.75, 3.05) is 7.11 Å². The van der Waals surface area contributed by atoms with Gasteiger partial charge in [0.15, 0.2) is 16.6 Å². The molecule has 4 nitrogen and oxygen atoms in total. The molecule has 0 amide bonds. The highest BCUT2D eigenvalue weighted by molar-refractivity contribution is 6.74. The predicted octanol–water partition coefficient (Wildman–Crippen LogP) is 9.37. The summed E-state index contributed by atoms with van der Waals surface area (Å²) in [6.45, 7) is 26.7. The fourth-order valence-corrected chi connectivity index (χ4v) is 5.89. The number of esters is 1. The van der Waals surface area contributed by atoms with Crippen molar-refractivity contribution in [1.29, 1.82) is 0 Å². The number of carbonyl (C=O) groups excluding carboxylic acids is 1. The Bertz CT molecular complexity index is 1110. The highest BCUT2D eigenvalue weighted by atomic mass is 28.4. The minimum Gasteiger partial charge on any atom is -0.469 e. The van der Waals surface area contributed by atoms with E-state index in [2.05, 4.69) is 129 Å². The molecule has 0 saturated heterocycles. The van der Waals surface area contributed by atoms with Crippen molar-refractivity contribution >= 4 is 22.6 Å². The van der Waals surface area contributed by atoms with E-state index in [4.69, 9.17) is 13.6 Å². The summed E-state index contributed by atoms with van der Waals surface area (Å²) in [5, 5.41) is 0.238. The van der Waals surface area contributed by atoms with Crippen LogP contribution in [0.25, 0.3) is 0 Å². The van der Waals surface area contributed by atoms with Crippen LogP contribution in [0.1, 0.15) is 93.9 Å². The van der Waals surface area contributed by atoms with Gasteiger partial charge in [0.1, 0.15) is 0 Å². The van der Waals surface area contributed by atoms with Crippen LogP contribution in [0.2, 0.25) is 36.3 Å². The highest BCUT2D eigenvalue weighted by Crippen LogP contribution is 2.39. The molecule has 0 heterocycles. The molecule has 42 heavy (non-hydrogen) atoms. The van der Waals surface area contributed by atoms with Crippen molar-refractivity contribution in [3.05, 3.63) is 36.0 Å². The Morgan fingerprint density at radius 2 is 1.24 bits per heavy atom. The van der Waals surface area contributed by atoms with E-state index in [9.17, 15) is 4.79 Å². The summed E-state index contributed by atoms with van der Waals surface area (Å²) >= 11 is 0. The number of carbonyl (C=O) groups is 1. The van der Waals surface area contributed by atoms with Gasteiger partial charge in [-0.15, -0.1) is 0 Å². The van der Waals surface area contributed by atoms with E-state index in [0.717, 1.165) is 12.8 Å². The molecule has 0 rings (SSSR count). The van der Waals surface area contributed by atoms with Gasteiger partial charge in [-0.1, -0.05) is 95.6 Å². The van der Waals surface area contributed by atoms with Gasteiger partial charge in [-0.3, -0.25) is 4.79 Å². The third-order valence-corrected chi connectivity index (χ3v) is 16.9. The summed E-state index contributed by atoms with van der Waals surface area (Å²) < 4.78 is 18.0. The summed E-state index contributed by atoms with van der Waals surface area (Å²) in [5.41, 5.74) is 1.35. The zero-order valence-corrected chi connectivity index (χ0v) is 30.9. The van der Waals surface area contributed by atoms with E-state index in [0.29, 0.717) is 25.7 Å². The fourth-order valence-electron chi connectivity index (χ4n) is 3.31. The molecule has 0 N–H and O–H groups in total. The van der Waals surface area contributed by atoms with Crippen molar-refractivity contribution in [3.63, 3.8) is 0 Å². The average Bonchev–Trinajstić information content (AvgIpc) is 2.85. The van der Waals surface area contributed by atoms with Gasteiger partial charge in [0.25, 0.3) is 0 Å². The zero-order valence-electron chi connectivity index (χ0n) is 28.9. The first kappa shape index (κ1) is 39.7. The summed E-state index contributed by atoms with van der Waals surface area (Å²) in [6.07, 6.45) is 13.7. The molecular weight excluding hydrogens is 553 g/mol. The number of methoxy groups -OCH3 is 1. The molecule has 2 atom stereocenters. The minimum absolute atomic E-state index is 0.0322. The van der Waals surface area contributed by atoms with Crippen molar-refractivity contribution in [2.24, 2.45) is 0 Å². The lowest BCUT2D eigenvalue weighted by molar-refractivity contribution is -0.141. The molecule has 6 heteroatoms. The van der Waals surface area contributed by atoms with E-state index in [-0.39, 0.29) is 28.3 Å². The van der Waals surface area contributed by atoms with Gasteiger partial charge in [-0.2, -0.15) is 0 Å². The largest absolute Gasteiger partial charge is 0.469 e. The Balaban J connectivity index is 5.11. The number of hydrogen-bond acceptors (Lipinski definition) is 4. The Labute approximate surface area is 261 Å². The molecular formula is C36H58O4Si2. The second kappa shape index (κ2) is 19.1. The molecule has 0 aliphatic rings. The third-order valence-electron chi connectivity index (χ3n) is 7.91. The molecule has 0 aromatic heterocycles.